The summed E-state index contributed by atoms with van der Waals surface area (Å²) in [5.41, 5.74) is 5.59. The molecule has 2 fully saturated rings. The van der Waals surface area contributed by atoms with Gasteiger partial charge in [0.1, 0.15) is 6.10 Å². The highest BCUT2D eigenvalue weighted by molar-refractivity contribution is 6.23. The lowest BCUT2D eigenvalue weighted by Crippen LogP contribution is -2.41. The van der Waals surface area contributed by atoms with Crippen LogP contribution in [0.5, 0.6) is 0 Å². The van der Waals surface area contributed by atoms with Crippen molar-refractivity contribution in [2.45, 2.75) is 58.0 Å². The van der Waals surface area contributed by atoms with Gasteiger partial charge in [0.05, 0.1) is 23.1 Å². The number of benzene rings is 3. The van der Waals surface area contributed by atoms with Crippen LogP contribution in [0.4, 0.5) is 5.69 Å². The first-order chi connectivity index (χ1) is 19.3. The molecular formula is C35H35NO4. The lowest BCUT2D eigenvalue weighted by molar-refractivity contribution is -0.122. The molecule has 1 saturated carbocycles. The Bertz CT molecular complexity index is 1390. The van der Waals surface area contributed by atoms with E-state index in [1.165, 1.54) is 11.3 Å². The summed E-state index contributed by atoms with van der Waals surface area (Å²) in [4.78, 5) is 42.5. The Morgan fingerprint density at radius 2 is 1.27 bits per heavy atom. The van der Waals surface area contributed by atoms with Gasteiger partial charge < -0.3 is 4.74 Å². The van der Waals surface area contributed by atoms with Crippen LogP contribution in [-0.4, -0.2) is 23.9 Å². The summed E-state index contributed by atoms with van der Waals surface area (Å²) in [6.07, 6.45) is 3.05. The van der Waals surface area contributed by atoms with Crippen LogP contribution in [0.2, 0.25) is 0 Å². The number of carbonyl (C=O) groups is 3. The molecule has 5 aliphatic rings. The molecule has 5 unspecified atom stereocenters. The smallest absolute Gasteiger partial charge is 0.338 e. The van der Waals surface area contributed by atoms with Crippen molar-refractivity contribution >= 4 is 23.5 Å². The molecule has 3 aromatic carbocycles. The van der Waals surface area contributed by atoms with Crippen molar-refractivity contribution in [2.75, 3.05) is 4.90 Å². The van der Waals surface area contributed by atoms with E-state index in [0.29, 0.717) is 29.0 Å². The molecule has 1 heterocycles. The molecule has 2 bridgehead atoms. The SMILES string of the molecule is CC1CCC(C(C)C)C(OC(=O)c2ccc(N3C(=O)C4C5c6ccccc6C(c6ccccc65)C4C3=O)cc2)C1. The zero-order valence-corrected chi connectivity index (χ0v) is 23.2. The molecular weight excluding hydrogens is 498 g/mol. The summed E-state index contributed by atoms with van der Waals surface area (Å²) in [6, 6.07) is 23.3. The molecule has 3 aromatic rings. The zero-order chi connectivity index (χ0) is 27.7. The van der Waals surface area contributed by atoms with Gasteiger partial charge in [-0.3, -0.25) is 9.59 Å². The number of ether oxygens (including phenoxy) is 1. The summed E-state index contributed by atoms with van der Waals surface area (Å²) in [5.74, 6) is -0.398. The fourth-order valence-electron chi connectivity index (χ4n) is 8.13. The number of carbonyl (C=O) groups excluding carboxylic acids is 3. The Morgan fingerprint density at radius 3 is 1.75 bits per heavy atom. The molecule has 204 valence electrons. The van der Waals surface area contributed by atoms with E-state index in [-0.39, 0.29) is 35.7 Å². The summed E-state index contributed by atoms with van der Waals surface area (Å²) < 4.78 is 6.03. The minimum atomic E-state index is -0.423. The van der Waals surface area contributed by atoms with Crippen LogP contribution in [0.25, 0.3) is 0 Å². The van der Waals surface area contributed by atoms with Crippen molar-refractivity contribution < 1.29 is 19.1 Å². The first-order valence-electron chi connectivity index (χ1n) is 14.7. The van der Waals surface area contributed by atoms with Gasteiger partial charge in [0.25, 0.3) is 0 Å². The third kappa shape index (κ3) is 3.70. The lowest BCUT2D eigenvalue weighted by atomic mass is 9.55. The highest BCUT2D eigenvalue weighted by Crippen LogP contribution is 2.61. The van der Waals surface area contributed by atoms with E-state index < -0.39 is 11.8 Å². The molecule has 2 amide bonds. The molecule has 1 aliphatic heterocycles. The van der Waals surface area contributed by atoms with Crippen LogP contribution in [0.3, 0.4) is 0 Å². The summed E-state index contributed by atoms with van der Waals surface area (Å²) >= 11 is 0. The number of anilines is 1. The van der Waals surface area contributed by atoms with Crippen LogP contribution in [0.1, 0.15) is 84.5 Å². The average Bonchev–Trinajstić information content (AvgIpc) is 3.23. The number of rotatable bonds is 4. The van der Waals surface area contributed by atoms with E-state index in [1.54, 1.807) is 24.3 Å². The normalized spacial score (nSPS) is 30.2. The summed E-state index contributed by atoms with van der Waals surface area (Å²) in [5, 5.41) is 0. The molecule has 0 aromatic heterocycles. The second kappa shape index (κ2) is 9.43. The van der Waals surface area contributed by atoms with Crippen LogP contribution >= 0.6 is 0 Å². The molecule has 5 heteroatoms. The van der Waals surface area contributed by atoms with E-state index in [0.717, 1.165) is 35.1 Å². The van der Waals surface area contributed by atoms with Gasteiger partial charge in [-0.25, -0.2) is 9.69 Å². The highest BCUT2D eigenvalue weighted by Gasteiger charge is 2.61. The number of imide groups is 1. The van der Waals surface area contributed by atoms with E-state index in [1.807, 2.05) is 24.3 Å². The van der Waals surface area contributed by atoms with Crippen LogP contribution in [0.15, 0.2) is 72.8 Å². The second-order valence-corrected chi connectivity index (χ2v) is 12.6. The number of hydrogen-bond donors (Lipinski definition) is 0. The Labute approximate surface area is 235 Å². The van der Waals surface area contributed by atoms with Gasteiger partial charge >= 0.3 is 5.97 Å². The third-order valence-electron chi connectivity index (χ3n) is 10.0. The molecule has 5 atom stereocenters. The van der Waals surface area contributed by atoms with E-state index >= 15 is 0 Å². The predicted octanol–water partition coefficient (Wildman–Crippen LogP) is 6.70. The fourth-order valence-corrected chi connectivity index (χ4v) is 8.13. The molecule has 1 saturated heterocycles. The lowest BCUT2D eigenvalue weighted by Gasteiger charge is -2.45. The van der Waals surface area contributed by atoms with E-state index in [9.17, 15) is 14.4 Å². The van der Waals surface area contributed by atoms with Gasteiger partial charge in [0.2, 0.25) is 11.8 Å². The highest BCUT2D eigenvalue weighted by atomic mass is 16.5. The zero-order valence-electron chi connectivity index (χ0n) is 23.2. The maximum atomic E-state index is 14.0. The maximum absolute atomic E-state index is 14.0. The number of nitrogens with zero attached hydrogens (tertiary/aromatic N) is 1. The summed E-state index contributed by atoms with van der Waals surface area (Å²) in [6.45, 7) is 6.61. The second-order valence-electron chi connectivity index (χ2n) is 12.6. The Balaban J connectivity index is 1.16. The van der Waals surface area contributed by atoms with Crippen molar-refractivity contribution in [3.8, 4) is 0 Å². The fraction of sp³-hybridized carbons (Fsp3) is 0.400. The predicted molar refractivity (Wildman–Crippen MR) is 153 cm³/mol. The van der Waals surface area contributed by atoms with E-state index in [2.05, 4.69) is 45.0 Å². The minimum absolute atomic E-state index is 0.0838. The number of hydrogen-bond acceptors (Lipinski definition) is 4. The van der Waals surface area contributed by atoms with Gasteiger partial charge in [0.15, 0.2) is 0 Å². The van der Waals surface area contributed by atoms with Crippen LogP contribution in [-0.2, 0) is 14.3 Å². The quantitative estimate of drug-likeness (QED) is 0.277. The van der Waals surface area contributed by atoms with Crippen LogP contribution in [0, 0.1) is 29.6 Å². The van der Waals surface area contributed by atoms with Crippen LogP contribution < -0.4 is 4.90 Å². The molecule has 4 aliphatic carbocycles. The molecule has 40 heavy (non-hydrogen) atoms. The molecule has 8 rings (SSSR count). The monoisotopic (exact) mass is 533 g/mol. The van der Waals surface area contributed by atoms with Gasteiger partial charge in [-0.05, 0) is 77.1 Å². The standard InChI is InChI=1S/C35H35NO4/c1-19(2)23-17-12-20(3)18-28(23)40-35(39)21-13-15-22(16-14-21)36-33(37)31-29-24-8-4-5-9-25(24)30(32(31)34(36)38)27-11-7-6-10-26(27)29/h4-11,13-16,19-20,23,28-32H,12,17-18H2,1-3H3. The largest absolute Gasteiger partial charge is 0.458 e. The van der Waals surface area contributed by atoms with Crippen molar-refractivity contribution in [1.82, 2.24) is 0 Å². The van der Waals surface area contributed by atoms with Gasteiger partial charge in [-0.2, -0.15) is 0 Å². The summed E-state index contributed by atoms with van der Waals surface area (Å²) in [7, 11) is 0. The molecule has 0 spiro atoms. The maximum Gasteiger partial charge on any atom is 0.338 e. The average molecular weight is 534 g/mol. The first kappa shape index (κ1) is 25.3. The molecule has 0 N–H and O–H groups in total. The van der Waals surface area contributed by atoms with Crippen molar-refractivity contribution in [1.29, 1.82) is 0 Å². The van der Waals surface area contributed by atoms with Gasteiger partial charge in [0, 0.05) is 11.8 Å². The topological polar surface area (TPSA) is 63.7 Å². The first-order valence-corrected chi connectivity index (χ1v) is 14.7. The van der Waals surface area contributed by atoms with Crippen molar-refractivity contribution in [3.05, 3.63) is 101 Å². The molecule has 5 nitrogen and oxygen atoms in total. The number of amides is 2. The Hall–Kier alpha value is -3.73. The van der Waals surface area contributed by atoms with E-state index in [4.69, 9.17) is 4.74 Å². The van der Waals surface area contributed by atoms with Crippen molar-refractivity contribution in [2.24, 2.45) is 29.6 Å². The number of esters is 1. The molecule has 0 radical (unpaired) electrons. The van der Waals surface area contributed by atoms with Gasteiger partial charge in [-0.15, -0.1) is 0 Å². The minimum Gasteiger partial charge on any atom is -0.458 e. The van der Waals surface area contributed by atoms with Crippen molar-refractivity contribution in [3.63, 3.8) is 0 Å². The van der Waals surface area contributed by atoms with Gasteiger partial charge in [-0.1, -0.05) is 75.7 Å². The Kier molecular flexibility index (Phi) is 5.95. The Morgan fingerprint density at radius 1 is 0.775 bits per heavy atom. The third-order valence-corrected chi connectivity index (χ3v) is 10.0.